The first-order valence-corrected chi connectivity index (χ1v) is 7.73. The predicted molar refractivity (Wildman–Crippen MR) is 86.9 cm³/mol. The molecule has 0 heterocycles. The van der Waals surface area contributed by atoms with Gasteiger partial charge in [0.1, 0.15) is 6.07 Å². The highest BCUT2D eigenvalue weighted by Crippen LogP contribution is 2.32. The maximum atomic E-state index is 9.13. The summed E-state index contributed by atoms with van der Waals surface area (Å²) in [7, 11) is 0. The van der Waals surface area contributed by atoms with E-state index in [1.54, 1.807) is 11.8 Å². The van der Waals surface area contributed by atoms with Gasteiger partial charge in [-0.05, 0) is 47.2 Å². The van der Waals surface area contributed by atoms with Gasteiger partial charge in [-0.1, -0.05) is 52.0 Å². The molecule has 0 N–H and O–H groups in total. The van der Waals surface area contributed by atoms with Crippen molar-refractivity contribution in [2.24, 2.45) is 0 Å². The van der Waals surface area contributed by atoms with E-state index in [2.05, 4.69) is 52.3 Å². The lowest BCUT2D eigenvalue weighted by Gasteiger charge is -2.05. The van der Waals surface area contributed by atoms with Crippen molar-refractivity contribution in [2.45, 2.75) is 9.79 Å². The Morgan fingerprint density at radius 1 is 0.900 bits per heavy atom. The number of nitriles is 1. The SMILES string of the molecule is N#Cc1ccccc1Sc1ccc2cc(Br)ccc2c1. The number of fused-ring (bicyclic) bond motifs is 1. The molecule has 3 aromatic carbocycles. The Morgan fingerprint density at radius 3 is 2.50 bits per heavy atom. The van der Waals surface area contributed by atoms with Crippen molar-refractivity contribution in [3.63, 3.8) is 0 Å². The summed E-state index contributed by atoms with van der Waals surface area (Å²) in [6.45, 7) is 0. The molecular formula is C17H10BrNS. The summed E-state index contributed by atoms with van der Waals surface area (Å²) < 4.78 is 1.08. The molecular weight excluding hydrogens is 330 g/mol. The molecule has 3 aromatic rings. The molecule has 0 spiro atoms. The fraction of sp³-hybridized carbons (Fsp3) is 0. The summed E-state index contributed by atoms with van der Waals surface area (Å²) in [5, 5.41) is 11.5. The lowest BCUT2D eigenvalue weighted by atomic mass is 10.1. The zero-order valence-corrected chi connectivity index (χ0v) is 12.9. The molecule has 0 atom stereocenters. The molecule has 0 saturated heterocycles. The zero-order valence-electron chi connectivity index (χ0n) is 10.5. The Kier molecular flexibility index (Phi) is 3.77. The fourth-order valence-corrected chi connectivity index (χ4v) is 3.36. The molecule has 0 bridgehead atoms. The molecule has 0 aromatic heterocycles. The molecule has 0 aliphatic heterocycles. The normalized spacial score (nSPS) is 10.4. The average Bonchev–Trinajstić information content (AvgIpc) is 2.48. The van der Waals surface area contributed by atoms with Crippen LogP contribution in [0.5, 0.6) is 0 Å². The number of hydrogen-bond donors (Lipinski definition) is 0. The third kappa shape index (κ3) is 2.72. The van der Waals surface area contributed by atoms with E-state index in [9.17, 15) is 0 Å². The maximum Gasteiger partial charge on any atom is 0.100 e. The summed E-state index contributed by atoms with van der Waals surface area (Å²) in [5.74, 6) is 0. The van der Waals surface area contributed by atoms with Crippen LogP contribution in [0.15, 0.2) is 74.9 Å². The largest absolute Gasteiger partial charge is 0.192 e. The van der Waals surface area contributed by atoms with Crippen LogP contribution in [0.1, 0.15) is 5.56 Å². The van der Waals surface area contributed by atoms with E-state index >= 15 is 0 Å². The van der Waals surface area contributed by atoms with Crippen LogP contribution in [-0.2, 0) is 0 Å². The van der Waals surface area contributed by atoms with Crippen molar-refractivity contribution in [1.82, 2.24) is 0 Å². The molecule has 0 fully saturated rings. The van der Waals surface area contributed by atoms with Crippen LogP contribution in [0.4, 0.5) is 0 Å². The van der Waals surface area contributed by atoms with Gasteiger partial charge in [-0.2, -0.15) is 5.26 Å². The van der Waals surface area contributed by atoms with E-state index in [1.165, 1.54) is 10.8 Å². The first-order chi connectivity index (χ1) is 9.76. The van der Waals surface area contributed by atoms with Gasteiger partial charge in [-0.3, -0.25) is 0 Å². The first kappa shape index (κ1) is 13.2. The van der Waals surface area contributed by atoms with Gasteiger partial charge in [-0.15, -0.1) is 0 Å². The molecule has 0 saturated carbocycles. The molecule has 0 aliphatic rings. The van der Waals surface area contributed by atoms with Crippen molar-refractivity contribution in [3.8, 4) is 6.07 Å². The maximum absolute atomic E-state index is 9.13. The van der Waals surface area contributed by atoms with Crippen LogP contribution in [0.2, 0.25) is 0 Å². The van der Waals surface area contributed by atoms with Gasteiger partial charge in [0.25, 0.3) is 0 Å². The molecule has 20 heavy (non-hydrogen) atoms. The van der Waals surface area contributed by atoms with Crippen LogP contribution in [0.25, 0.3) is 10.8 Å². The smallest absolute Gasteiger partial charge is 0.100 e. The highest BCUT2D eigenvalue weighted by Gasteiger charge is 2.04. The van der Waals surface area contributed by atoms with Gasteiger partial charge in [0.2, 0.25) is 0 Å². The highest BCUT2D eigenvalue weighted by atomic mass is 79.9. The van der Waals surface area contributed by atoms with E-state index < -0.39 is 0 Å². The second kappa shape index (κ2) is 5.70. The van der Waals surface area contributed by atoms with Crippen molar-refractivity contribution in [3.05, 3.63) is 70.7 Å². The minimum absolute atomic E-state index is 0.716. The second-order valence-corrected chi connectivity index (χ2v) is 6.39. The van der Waals surface area contributed by atoms with Gasteiger partial charge >= 0.3 is 0 Å². The van der Waals surface area contributed by atoms with Crippen molar-refractivity contribution < 1.29 is 0 Å². The third-order valence-electron chi connectivity index (χ3n) is 3.01. The molecule has 3 heteroatoms. The van der Waals surface area contributed by atoms with Gasteiger partial charge in [0.05, 0.1) is 5.56 Å². The molecule has 3 rings (SSSR count). The molecule has 0 aliphatic carbocycles. The number of benzene rings is 3. The van der Waals surface area contributed by atoms with Crippen molar-refractivity contribution >= 4 is 38.5 Å². The van der Waals surface area contributed by atoms with E-state index in [0.29, 0.717) is 5.56 Å². The summed E-state index contributed by atoms with van der Waals surface area (Å²) in [6.07, 6.45) is 0. The lowest BCUT2D eigenvalue weighted by Crippen LogP contribution is -1.81. The number of halogens is 1. The second-order valence-electron chi connectivity index (χ2n) is 4.36. The number of rotatable bonds is 2. The average molecular weight is 340 g/mol. The van der Waals surface area contributed by atoms with Crippen molar-refractivity contribution in [2.75, 3.05) is 0 Å². The number of hydrogen-bond acceptors (Lipinski definition) is 2. The fourth-order valence-electron chi connectivity index (χ4n) is 2.03. The standard InChI is InChI=1S/C17H10BrNS/c18-15-7-5-13-10-16(8-6-12(13)9-15)20-17-4-2-1-3-14(17)11-19/h1-10H. The number of nitrogens with zero attached hydrogens (tertiary/aromatic N) is 1. The van der Waals surface area contributed by atoms with Crippen molar-refractivity contribution in [1.29, 1.82) is 5.26 Å². The quantitative estimate of drug-likeness (QED) is 0.604. The lowest BCUT2D eigenvalue weighted by molar-refractivity contribution is 1.35. The first-order valence-electron chi connectivity index (χ1n) is 6.12. The Bertz CT molecular complexity index is 821. The highest BCUT2D eigenvalue weighted by molar-refractivity contribution is 9.10. The van der Waals surface area contributed by atoms with Crippen LogP contribution in [-0.4, -0.2) is 0 Å². The van der Waals surface area contributed by atoms with E-state index in [4.69, 9.17) is 5.26 Å². The Labute approximate surface area is 130 Å². The van der Waals surface area contributed by atoms with E-state index in [-0.39, 0.29) is 0 Å². The topological polar surface area (TPSA) is 23.8 Å². The molecule has 0 radical (unpaired) electrons. The molecule has 0 amide bonds. The third-order valence-corrected chi connectivity index (χ3v) is 4.57. The van der Waals surface area contributed by atoms with E-state index in [0.717, 1.165) is 14.3 Å². The summed E-state index contributed by atoms with van der Waals surface area (Å²) in [4.78, 5) is 2.13. The van der Waals surface area contributed by atoms with Gasteiger partial charge < -0.3 is 0 Å². The molecule has 1 nitrogen and oxygen atoms in total. The predicted octanol–water partition coefficient (Wildman–Crippen LogP) is 5.63. The Hall–Kier alpha value is -1.76. The zero-order chi connectivity index (χ0) is 13.9. The Morgan fingerprint density at radius 2 is 1.65 bits per heavy atom. The van der Waals surface area contributed by atoms with Gasteiger partial charge in [0.15, 0.2) is 0 Å². The van der Waals surface area contributed by atoms with Crippen LogP contribution < -0.4 is 0 Å². The minimum atomic E-state index is 0.716. The van der Waals surface area contributed by atoms with Crippen LogP contribution in [0.3, 0.4) is 0 Å². The monoisotopic (exact) mass is 339 g/mol. The molecule has 0 unspecified atom stereocenters. The van der Waals surface area contributed by atoms with Gasteiger partial charge in [-0.25, -0.2) is 0 Å². The summed E-state index contributed by atoms with van der Waals surface area (Å²) >= 11 is 5.11. The summed E-state index contributed by atoms with van der Waals surface area (Å²) in [5.41, 5.74) is 0.716. The minimum Gasteiger partial charge on any atom is -0.192 e. The van der Waals surface area contributed by atoms with Gasteiger partial charge in [0, 0.05) is 14.3 Å². The van der Waals surface area contributed by atoms with Crippen LogP contribution >= 0.6 is 27.7 Å². The van der Waals surface area contributed by atoms with Crippen LogP contribution in [0, 0.1) is 11.3 Å². The summed E-state index contributed by atoms with van der Waals surface area (Å²) in [6, 6.07) is 22.5. The molecule has 96 valence electrons. The Balaban J connectivity index is 1.99. The van der Waals surface area contributed by atoms with E-state index in [1.807, 2.05) is 30.3 Å².